The van der Waals surface area contributed by atoms with Crippen LogP contribution < -0.4 is 4.74 Å². The van der Waals surface area contributed by atoms with Crippen LogP contribution in [0.1, 0.15) is 99.8 Å². The summed E-state index contributed by atoms with van der Waals surface area (Å²) in [6.07, 6.45) is 1.89. The Labute approximate surface area is 409 Å². The van der Waals surface area contributed by atoms with Crippen molar-refractivity contribution in [1.29, 1.82) is 0 Å². The number of nitrogens with zero attached hydrogens (tertiary/aromatic N) is 3. The van der Waals surface area contributed by atoms with Gasteiger partial charge < -0.3 is 4.74 Å². The van der Waals surface area contributed by atoms with Gasteiger partial charge in [-0.15, -0.1) is 0 Å². The van der Waals surface area contributed by atoms with Crippen molar-refractivity contribution in [3.8, 4) is 78.6 Å². The van der Waals surface area contributed by atoms with Crippen LogP contribution in [-0.2, 0) is 16.2 Å². The van der Waals surface area contributed by atoms with E-state index < -0.39 is 6.85 Å². The lowest BCUT2D eigenvalue weighted by atomic mass is 9.79. The molecule has 2 heterocycles. The molecule has 0 saturated carbocycles. The molecule has 9 rings (SSSR count). The number of hydrogen-bond acceptors (Lipinski definition) is 3. The van der Waals surface area contributed by atoms with Gasteiger partial charge in [-0.25, -0.2) is 4.98 Å². The molecule has 0 saturated heterocycles. The number of para-hydroxylation sites is 1. The molecule has 0 amide bonds. The van der Waals surface area contributed by atoms with Gasteiger partial charge in [-0.2, -0.15) is 0 Å². The molecule has 0 radical (unpaired) electrons. The first kappa shape index (κ1) is 42.3. The van der Waals surface area contributed by atoms with Gasteiger partial charge in [-0.3, -0.25) is 9.55 Å². The zero-order valence-electron chi connectivity index (χ0n) is 44.8. The lowest BCUT2D eigenvalue weighted by Gasteiger charge is -2.26. The minimum absolute atomic E-state index is 0.111. The number of benzene rings is 7. The minimum atomic E-state index is -2.47. The fourth-order valence-electron chi connectivity index (χ4n) is 9.34. The highest BCUT2D eigenvalue weighted by atomic mass is 16.5. The summed E-state index contributed by atoms with van der Waals surface area (Å²) < 4.78 is 35.6. The molecule has 0 bridgehead atoms. The summed E-state index contributed by atoms with van der Waals surface area (Å²) in [6.45, 7) is 21.7. The number of aromatic nitrogens is 3. The van der Waals surface area contributed by atoms with Gasteiger partial charge in [0.15, 0.2) is 0 Å². The van der Waals surface area contributed by atoms with E-state index in [4.69, 9.17) is 18.8 Å². The Morgan fingerprint density at radius 3 is 1.72 bits per heavy atom. The Morgan fingerprint density at radius 1 is 0.485 bits per heavy atom. The van der Waals surface area contributed by atoms with E-state index in [1.54, 1.807) is 7.11 Å². The smallest absolute Gasteiger partial charge is 0.149 e. The predicted octanol–water partition coefficient (Wildman–Crippen LogP) is 17.2. The van der Waals surface area contributed by atoms with Gasteiger partial charge in [0.25, 0.3) is 0 Å². The topological polar surface area (TPSA) is 39.9 Å². The van der Waals surface area contributed by atoms with Crippen LogP contribution >= 0.6 is 0 Å². The Bertz CT molecular complexity index is 3420. The van der Waals surface area contributed by atoms with Crippen molar-refractivity contribution in [3.63, 3.8) is 0 Å². The molecule has 9 aromatic rings. The maximum absolute atomic E-state index is 9.14. The van der Waals surface area contributed by atoms with Crippen molar-refractivity contribution in [3.05, 3.63) is 191 Å². The molecule has 0 atom stereocenters. The normalized spacial score (nSPS) is 13.0. The van der Waals surface area contributed by atoms with Gasteiger partial charge in [0, 0.05) is 21.4 Å². The predicted molar refractivity (Wildman–Crippen MR) is 288 cm³/mol. The van der Waals surface area contributed by atoms with Gasteiger partial charge in [-0.1, -0.05) is 165 Å². The lowest BCUT2D eigenvalue weighted by molar-refractivity contribution is 0.413. The van der Waals surface area contributed by atoms with E-state index in [-0.39, 0.29) is 21.8 Å². The van der Waals surface area contributed by atoms with Gasteiger partial charge in [0.1, 0.15) is 11.6 Å². The summed E-state index contributed by atoms with van der Waals surface area (Å²) in [4.78, 5) is 10.5. The second kappa shape index (κ2) is 17.6. The number of hydrogen-bond donors (Lipinski definition) is 0. The van der Waals surface area contributed by atoms with Crippen LogP contribution in [0.4, 0.5) is 0 Å². The molecule has 342 valence electrons. The van der Waals surface area contributed by atoms with Crippen molar-refractivity contribution in [2.24, 2.45) is 0 Å². The maximum Gasteiger partial charge on any atom is 0.149 e. The molecular weight excluding hydrogens is 827 g/mol. The molecular formula is C64H65N3O. The van der Waals surface area contributed by atoms with E-state index >= 15 is 0 Å². The molecule has 0 aliphatic rings. The summed E-state index contributed by atoms with van der Waals surface area (Å²) in [6, 6.07) is 53.1. The fourth-order valence-corrected chi connectivity index (χ4v) is 9.34. The number of fused-ring (bicyclic) bond motifs is 1. The van der Waals surface area contributed by atoms with Gasteiger partial charge in [0.05, 0.1) is 35.1 Å². The number of methoxy groups -OCH3 is 1. The molecule has 2 aromatic heterocycles. The van der Waals surface area contributed by atoms with Crippen molar-refractivity contribution in [2.75, 3.05) is 7.11 Å². The van der Waals surface area contributed by atoms with Crippen LogP contribution in [0.2, 0.25) is 0 Å². The van der Waals surface area contributed by atoms with Crippen molar-refractivity contribution in [2.45, 2.75) is 99.3 Å². The molecule has 0 aliphatic carbocycles. The van der Waals surface area contributed by atoms with Gasteiger partial charge >= 0.3 is 0 Å². The third-order valence-corrected chi connectivity index (χ3v) is 13.3. The van der Waals surface area contributed by atoms with Crippen LogP contribution in [0.15, 0.2) is 158 Å². The summed E-state index contributed by atoms with van der Waals surface area (Å²) >= 11 is 0. The van der Waals surface area contributed by atoms with Crippen LogP contribution in [-0.4, -0.2) is 21.6 Å². The average Bonchev–Trinajstić information content (AvgIpc) is 3.72. The highest BCUT2D eigenvalue weighted by molar-refractivity contribution is 5.97. The molecule has 0 N–H and O–H groups in total. The number of rotatable bonds is 8. The van der Waals surface area contributed by atoms with E-state index in [0.29, 0.717) is 17.3 Å². The Morgan fingerprint density at radius 2 is 1.07 bits per heavy atom. The Balaban J connectivity index is 1.26. The Hall–Kier alpha value is -7.04. The summed E-state index contributed by atoms with van der Waals surface area (Å²) in [5.74, 6) is 1.28. The third-order valence-electron chi connectivity index (χ3n) is 13.3. The lowest BCUT2D eigenvalue weighted by Crippen LogP contribution is -2.16. The molecule has 4 nitrogen and oxygen atoms in total. The van der Waals surface area contributed by atoms with E-state index in [1.807, 2.05) is 42.0 Å². The Kier molecular flexibility index (Phi) is 10.9. The van der Waals surface area contributed by atoms with Crippen molar-refractivity contribution in [1.82, 2.24) is 14.5 Å². The van der Waals surface area contributed by atoms with Crippen molar-refractivity contribution >= 4 is 11.0 Å². The van der Waals surface area contributed by atoms with E-state index in [9.17, 15) is 0 Å². The monoisotopic (exact) mass is 895 g/mol. The number of aryl methyl sites for hydroxylation is 3. The van der Waals surface area contributed by atoms with Gasteiger partial charge in [0.2, 0.25) is 0 Å². The summed E-state index contributed by atoms with van der Waals surface area (Å²) in [5, 5.41) is 0. The van der Waals surface area contributed by atoms with E-state index in [2.05, 4.69) is 197 Å². The average molecular weight is 895 g/mol. The quantitative estimate of drug-likeness (QED) is 0.153. The maximum atomic E-state index is 9.14. The van der Waals surface area contributed by atoms with Gasteiger partial charge in [-0.05, 0) is 158 Å². The van der Waals surface area contributed by atoms with Crippen LogP contribution in [0, 0.1) is 20.7 Å². The first-order valence-electron chi connectivity index (χ1n) is 25.2. The second-order valence-electron chi connectivity index (χ2n) is 21.6. The second-order valence-corrected chi connectivity index (χ2v) is 21.6. The molecule has 0 spiro atoms. The minimum Gasteiger partial charge on any atom is -0.496 e. The largest absolute Gasteiger partial charge is 0.496 e. The number of imidazole rings is 1. The first-order valence-corrected chi connectivity index (χ1v) is 23.7. The van der Waals surface area contributed by atoms with Crippen LogP contribution in [0.3, 0.4) is 0 Å². The third kappa shape index (κ3) is 9.05. The first-order chi connectivity index (χ1) is 33.5. The van der Waals surface area contributed by atoms with Crippen LogP contribution in [0.25, 0.3) is 83.9 Å². The summed E-state index contributed by atoms with van der Waals surface area (Å²) in [5.41, 5.74) is 18.4. The summed E-state index contributed by atoms with van der Waals surface area (Å²) in [7, 11) is 1.68. The highest BCUT2D eigenvalue weighted by Crippen LogP contribution is 2.43. The highest BCUT2D eigenvalue weighted by Gasteiger charge is 2.25. The molecule has 0 aliphatic heterocycles. The van der Waals surface area contributed by atoms with Crippen LogP contribution in [0.5, 0.6) is 5.75 Å². The molecule has 0 unspecified atom stereocenters. The molecule has 7 aromatic carbocycles. The zero-order chi connectivity index (χ0) is 50.8. The molecule has 4 heteroatoms. The van der Waals surface area contributed by atoms with Crippen molar-refractivity contribution < 1.29 is 8.85 Å². The molecule has 68 heavy (non-hydrogen) atoms. The zero-order valence-corrected chi connectivity index (χ0v) is 41.8. The number of ether oxygens (including phenoxy) is 1. The standard InChI is InChI=1S/C64H65N3O/c1-40-30-42(3)60(68-13)55(31-40)61-66-59-54(20-17-21-58(59)67(61)57-27-26-46(32-41(57)2)48-34-52(63(7,8)9)39-53(35-48)64(10,11)12)49-33-50(37-51(36-49)62(4,5)6)56-38-47(28-29-65-56)45-24-22-44(23-25-45)43-18-15-14-16-19-43/h14-39H,1-13H3/i2D3. The molecule has 0 fully saturated rings. The van der Waals surface area contributed by atoms with E-state index in [0.717, 1.165) is 77.9 Å². The number of pyridine rings is 1. The SMILES string of the molecule is [2H]C([2H])([2H])c1cc(-c2cc(C(C)(C)C)cc(C(C)(C)C)c2)ccc1-n1c(-c2cc(C)cc(C)c2OC)nc2c(-c3cc(-c4cc(-c5ccc(-c6ccccc6)cc5)ccn4)cc(C(C)(C)C)c3)cccc21. The fraction of sp³-hybridized carbons (Fsp3) is 0.250. The van der Waals surface area contributed by atoms with E-state index in [1.165, 1.54) is 22.3 Å².